The number of benzene rings is 4. The van der Waals surface area contributed by atoms with Gasteiger partial charge in [-0.05, 0) is 24.3 Å². The smallest absolute Gasteiger partial charge is 0.339 e. The minimum atomic E-state index is -0.917. The van der Waals surface area contributed by atoms with Gasteiger partial charge in [0.1, 0.15) is 0 Å². The normalized spacial score (nSPS) is 10.2. The molecule has 0 amide bonds. The molecule has 6 heteroatoms. The van der Waals surface area contributed by atoms with Crippen molar-refractivity contribution in [2.75, 3.05) is 7.11 Å². The summed E-state index contributed by atoms with van der Waals surface area (Å²) in [5.74, 6) is -1.25. The van der Waals surface area contributed by atoms with Crippen molar-refractivity contribution in [3.8, 4) is 0 Å². The van der Waals surface area contributed by atoms with Gasteiger partial charge in [-0.15, -0.1) is 0 Å². The van der Waals surface area contributed by atoms with Crippen LogP contribution < -0.4 is 0 Å². The standard InChI is InChI=1S/C15H11NO2.C14H9NO2.2CH4/c1-18-15(17)14-10-6-2-4-8-12(10)16-13-9-5-3-7-11(13)14;16-14(17)13-9-5-1-3-7-11(9)15-12-8-4-2-6-10(12)13;;/h2-9H,1H3;1-8H,(H,16,17);2*1H4. The topological polar surface area (TPSA) is 89.4 Å². The molecule has 0 unspecified atom stereocenters. The summed E-state index contributed by atoms with van der Waals surface area (Å²) in [6, 6.07) is 29.8. The van der Waals surface area contributed by atoms with Crippen LogP contribution in [-0.4, -0.2) is 34.1 Å². The van der Waals surface area contributed by atoms with Crippen molar-refractivity contribution < 1.29 is 19.4 Å². The highest BCUT2D eigenvalue weighted by Gasteiger charge is 2.16. The Balaban J connectivity index is 0.000000195. The van der Waals surface area contributed by atoms with Gasteiger partial charge >= 0.3 is 11.9 Å². The van der Waals surface area contributed by atoms with E-state index in [4.69, 9.17) is 4.74 Å². The molecule has 0 atom stereocenters. The Hall–Kier alpha value is -4.84. The third-order valence-electron chi connectivity index (χ3n) is 5.78. The molecular formula is C31H28N2O4. The van der Waals surface area contributed by atoms with Crippen LogP contribution in [0.15, 0.2) is 97.1 Å². The highest BCUT2D eigenvalue weighted by atomic mass is 16.5. The number of hydrogen-bond acceptors (Lipinski definition) is 5. The lowest BCUT2D eigenvalue weighted by Crippen LogP contribution is -2.04. The van der Waals surface area contributed by atoms with E-state index in [-0.39, 0.29) is 20.8 Å². The number of carbonyl (C=O) groups excluding carboxylic acids is 1. The van der Waals surface area contributed by atoms with Gasteiger partial charge in [-0.25, -0.2) is 19.6 Å². The molecule has 0 aliphatic heterocycles. The molecular weight excluding hydrogens is 464 g/mol. The summed E-state index contributed by atoms with van der Waals surface area (Å²) >= 11 is 0. The van der Waals surface area contributed by atoms with Crippen molar-refractivity contribution in [2.24, 2.45) is 0 Å². The average molecular weight is 493 g/mol. The zero-order valence-electron chi connectivity index (χ0n) is 18.8. The molecule has 0 aliphatic carbocycles. The molecule has 6 nitrogen and oxygen atoms in total. The molecule has 6 aromatic rings. The lowest BCUT2D eigenvalue weighted by molar-refractivity contribution is 0.0604. The summed E-state index contributed by atoms with van der Waals surface area (Å²) in [6.07, 6.45) is 0. The molecule has 0 saturated heterocycles. The number of methoxy groups -OCH3 is 1. The van der Waals surface area contributed by atoms with Gasteiger partial charge in [0.2, 0.25) is 0 Å². The summed E-state index contributed by atoms with van der Waals surface area (Å²) in [5.41, 5.74) is 3.94. The summed E-state index contributed by atoms with van der Waals surface area (Å²) in [4.78, 5) is 32.4. The molecule has 0 fully saturated rings. The van der Waals surface area contributed by atoms with Crippen molar-refractivity contribution in [3.05, 3.63) is 108 Å². The fourth-order valence-corrected chi connectivity index (χ4v) is 4.23. The number of esters is 1. The van der Waals surface area contributed by atoms with Gasteiger partial charge in [-0.2, -0.15) is 0 Å². The third kappa shape index (κ3) is 4.95. The minimum Gasteiger partial charge on any atom is -0.478 e. The van der Waals surface area contributed by atoms with Crippen LogP contribution in [0.25, 0.3) is 43.6 Å². The first-order valence-electron chi connectivity index (χ1n) is 10.9. The van der Waals surface area contributed by atoms with Crippen LogP contribution in [-0.2, 0) is 4.74 Å². The SMILES string of the molecule is C.C.COC(=O)c1c2ccccc2nc2ccccc12.O=C(O)c1c2ccccc2nc2ccccc12. The Kier molecular flexibility index (Phi) is 8.15. The van der Waals surface area contributed by atoms with Crippen LogP contribution in [0.3, 0.4) is 0 Å². The predicted octanol–water partition coefficient (Wildman–Crippen LogP) is 7.53. The van der Waals surface area contributed by atoms with Crippen LogP contribution >= 0.6 is 0 Å². The number of carbonyl (C=O) groups is 2. The number of para-hydroxylation sites is 4. The number of aromatic carboxylic acids is 1. The predicted molar refractivity (Wildman–Crippen MR) is 150 cm³/mol. The number of carboxylic acid groups (broad SMARTS) is 1. The Bertz CT molecular complexity index is 1640. The maximum atomic E-state index is 12.0. The Morgan fingerprint density at radius 3 is 1.16 bits per heavy atom. The first kappa shape index (κ1) is 26.8. The van der Waals surface area contributed by atoms with Crippen LogP contribution in [0.1, 0.15) is 35.6 Å². The highest BCUT2D eigenvalue weighted by molar-refractivity contribution is 6.15. The second-order valence-electron chi connectivity index (χ2n) is 7.84. The second-order valence-corrected chi connectivity index (χ2v) is 7.84. The molecule has 0 radical (unpaired) electrons. The van der Waals surface area contributed by atoms with Crippen molar-refractivity contribution in [1.29, 1.82) is 0 Å². The summed E-state index contributed by atoms with van der Waals surface area (Å²) in [6.45, 7) is 0. The van der Waals surface area contributed by atoms with Crippen LogP contribution in [0.5, 0.6) is 0 Å². The van der Waals surface area contributed by atoms with E-state index in [1.54, 1.807) is 12.1 Å². The third-order valence-corrected chi connectivity index (χ3v) is 5.78. The first-order valence-corrected chi connectivity index (χ1v) is 10.9. The lowest BCUT2D eigenvalue weighted by atomic mass is 10.0. The van der Waals surface area contributed by atoms with Gasteiger partial charge in [0.25, 0.3) is 0 Å². The Morgan fingerprint density at radius 1 is 0.568 bits per heavy atom. The Morgan fingerprint density at radius 2 is 0.865 bits per heavy atom. The number of rotatable bonds is 2. The van der Waals surface area contributed by atoms with E-state index in [2.05, 4.69) is 9.97 Å². The Labute approximate surface area is 215 Å². The van der Waals surface area contributed by atoms with Gasteiger partial charge in [-0.3, -0.25) is 0 Å². The lowest BCUT2D eigenvalue weighted by Gasteiger charge is -2.08. The number of pyridine rings is 2. The average Bonchev–Trinajstić information content (AvgIpc) is 2.90. The molecule has 1 N–H and O–H groups in total. The molecule has 0 aliphatic rings. The summed E-state index contributed by atoms with van der Waals surface area (Å²) in [7, 11) is 1.40. The second kappa shape index (κ2) is 11.3. The number of ether oxygens (including phenoxy) is 1. The fourth-order valence-electron chi connectivity index (χ4n) is 4.23. The van der Waals surface area contributed by atoms with E-state index in [1.807, 2.05) is 84.9 Å². The largest absolute Gasteiger partial charge is 0.478 e. The van der Waals surface area contributed by atoms with Crippen LogP contribution in [0.4, 0.5) is 0 Å². The molecule has 0 spiro atoms. The minimum absolute atomic E-state index is 0. The molecule has 2 aromatic heterocycles. The number of fused-ring (bicyclic) bond motifs is 4. The van der Waals surface area contributed by atoms with Gasteiger partial charge in [-0.1, -0.05) is 87.6 Å². The quantitative estimate of drug-likeness (QED) is 0.198. The van der Waals surface area contributed by atoms with Gasteiger partial charge in [0, 0.05) is 21.5 Å². The van der Waals surface area contributed by atoms with E-state index >= 15 is 0 Å². The molecule has 4 aromatic carbocycles. The molecule has 37 heavy (non-hydrogen) atoms. The number of hydrogen-bond donors (Lipinski definition) is 1. The molecule has 186 valence electrons. The molecule has 0 saturated carbocycles. The zero-order valence-corrected chi connectivity index (χ0v) is 18.8. The molecule has 0 bridgehead atoms. The fraction of sp³-hybridized carbons (Fsp3) is 0.0968. The maximum absolute atomic E-state index is 12.0. The monoisotopic (exact) mass is 492 g/mol. The van der Waals surface area contributed by atoms with Gasteiger partial charge in [0.15, 0.2) is 0 Å². The van der Waals surface area contributed by atoms with E-state index in [1.165, 1.54) is 7.11 Å². The van der Waals surface area contributed by atoms with Crippen molar-refractivity contribution in [2.45, 2.75) is 14.9 Å². The van der Waals surface area contributed by atoms with Crippen molar-refractivity contribution >= 4 is 55.6 Å². The van der Waals surface area contributed by atoms with Crippen molar-refractivity contribution in [3.63, 3.8) is 0 Å². The number of aromatic nitrogens is 2. The van der Waals surface area contributed by atoms with E-state index in [9.17, 15) is 14.7 Å². The van der Waals surface area contributed by atoms with Gasteiger partial charge in [0.05, 0.1) is 40.3 Å². The maximum Gasteiger partial charge on any atom is 0.339 e. The zero-order chi connectivity index (χ0) is 24.4. The highest BCUT2D eigenvalue weighted by Crippen LogP contribution is 2.27. The summed E-state index contributed by atoms with van der Waals surface area (Å²) < 4.78 is 4.89. The number of nitrogens with zero attached hydrogens (tertiary/aromatic N) is 2. The van der Waals surface area contributed by atoms with Gasteiger partial charge < -0.3 is 9.84 Å². The van der Waals surface area contributed by atoms with E-state index in [0.29, 0.717) is 32.9 Å². The van der Waals surface area contributed by atoms with Crippen LogP contribution in [0, 0.1) is 0 Å². The van der Waals surface area contributed by atoms with E-state index < -0.39 is 5.97 Å². The summed E-state index contributed by atoms with van der Waals surface area (Å²) in [5, 5.41) is 12.4. The number of carboxylic acids is 1. The molecule has 6 rings (SSSR count). The van der Waals surface area contributed by atoms with E-state index in [0.717, 1.165) is 21.8 Å². The van der Waals surface area contributed by atoms with Crippen molar-refractivity contribution in [1.82, 2.24) is 9.97 Å². The van der Waals surface area contributed by atoms with Crippen LogP contribution in [0.2, 0.25) is 0 Å². The first-order chi connectivity index (χ1) is 17.1. The molecule has 2 heterocycles.